The molecule has 0 heteroatoms. The van der Waals surface area contributed by atoms with Crippen LogP contribution in [0.15, 0.2) is 157 Å². The zero-order valence-corrected chi connectivity index (χ0v) is 18.9. The van der Waals surface area contributed by atoms with Gasteiger partial charge in [0, 0.05) is 0 Å². The fourth-order valence-corrected chi connectivity index (χ4v) is 5.03. The Kier molecular flexibility index (Phi) is 5.26. The molecule has 0 radical (unpaired) electrons. The van der Waals surface area contributed by atoms with Crippen molar-refractivity contribution in [1.82, 2.24) is 0 Å². The summed E-state index contributed by atoms with van der Waals surface area (Å²) >= 11 is 0. The Morgan fingerprint density at radius 3 is 0.824 bits per heavy atom. The molecule has 0 aromatic heterocycles. The highest BCUT2D eigenvalue weighted by molar-refractivity contribution is 6.35. The smallest absolute Gasteiger partial charge is 0.00139 e. The third kappa shape index (κ3) is 3.50. The van der Waals surface area contributed by atoms with Crippen molar-refractivity contribution >= 4 is 22.3 Å². The summed E-state index contributed by atoms with van der Waals surface area (Å²) in [5.74, 6) is 0. The van der Waals surface area contributed by atoms with E-state index < -0.39 is 0 Å². The second-order valence-corrected chi connectivity index (χ2v) is 8.51. The molecule has 0 N–H and O–H groups in total. The first-order chi connectivity index (χ1) is 16.9. The lowest BCUT2D eigenvalue weighted by Gasteiger charge is -2.15. The van der Waals surface area contributed by atoms with Gasteiger partial charge in [-0.15, -0.1) is 0 Å². The lowest BCUT2D eigenvalue weighted by atomic mass is 9.88. The molecule has 0 spiro atoms. The average Bonchev–Trinajstić information content (AvgIpc) is 3.57. The normalized spacial score (nSPS) is 15.1. The molecule has 0 saturated carbocycles. The molecular formula is C34H24. The summed E-state index contributed by atoms with van der Waals surface area (Å²) in [6.45, 7) is 0. The largest absolute Gasteiger partial charge is 0.0622 e. The first-order valence-corrected chi connectivity index (χ1v) is 11.7. The van der Waals surface area contributed by atoms with Crippen molar-refractivity contribution in [3.63, 3.8) is 0 Å². The van der Waals surface area contributed by atoms with Crippen LogP contribution < -0.4 is 0 Å². The SMILES string of the molecule is C1=CC(=C2C(c3ccccc3)=C(c3ccccc3)C(c3ccccc3)=C2c2ccccc2)C=C1. The highest BCUT2D eigenvalue weighted by atomic mass is 14.4. The minimum absolute atomic E-state index is 1.23. The average molecular weight is 433 g/mol. The second kappa shape index (κ2) is 8.84. The van der Waals surface area contributed by atoms with Crippen LogP contribution in [0.1, 0.15) is 22.3 Å². The maximum Gasteiger partial charge on any atom is -0.00139 e. The van der Waals surface area contributed by atoms with Crippen molar-refractivity contribution in [1.29, 1.82) is 0 Å². The molecular weight excluding hydrogens is 408 g/mol. The van der Waals surface area contributed by atoms with Crippen LogP contribution in [-0.4, -0.2) is 0 Å². The molecule has 6 rings (SSSR count). The fourth-order valence-electron chi connectivity index (χ4n) is 5.03. The molecule has 4 aromatic rings. The molecule has 0 unspecified atom stereocenters. The Labute approximate surface area is 201 Å². The van der Waals surface area contributed by atoms with Gasteiger partial charge in [-0.3, -0.25) is 0 Å². The minimum Gasteiger partial charge on any atom is -0.0622 e. The van der Waals surface area contributed by atoms with Gasteiger partial charge in [0.05, 0.1) is 0 Å². The Bertz CT molecular complexity index is 1360. The van der Waals surface area contributed by atoms with Crippen molar-refractivity contribution in [3.05, 3.63) is 179 Å². The van der Waals surface area contributed by atoms with Gasteiger partial charge in [-0.1, -0.05) is 146 Å². The molecule has 0 amide bonds. The van der Waals surface area contributed by atoms with Crippen LogP contribution in [-0.2, 0) is 0 Å². The molecule has 34 heavy (non-hydrogen) atoms. The van der Waals surface area contributed by atoms with Gasteiger partial charge in [0.2, 0.25) is 0 Å². The molecule has 0 aliphatic heterocycles. The van der Waals surface area contributed by atoms with E-state index in [0.717, 1.165) is 0 Å². The van der Waals surface area contributed by atoms with Gasteiger partial charge in [-0.25, -0.2) is 0 Å². The lowest BCUT2D eigenvalue weighted by Crippen LogP contribution is -1.95. The van der Waals surface area contributed by atoms with E-state index >= 15 is 0 Å². The number of allylic oxidation sites excluding steroid dienone is 10. The van der Waals surface area contributed by atoms with Gasteiger partial charge < -0.3 is 0 Å². The van der Waals surface area contributed by atoms with Crippen molar-refractivity contribution in [3.8, 4) is 0 Å². The standard InChI is InChI=1S/C34H24/c1-5-15-25(16-6-1)30-31(26-17-7-2-8-18-26)33(28-21-11-4-12-22-28)34(29-23-13-14-24-29)32(30)27-19-9-3-10-20-27/h1-24H. The van der Waals surface area contributed by atoms with Gasteiger partial charge >= 0.3 is 0 Å². The van der Waals surface area contributed by atoms with Gasteiger partial charge in [0.25, 0.3) is 0 Å². The Hall–Kier alpha value is -4.42. The van der Waals surface area contributed by atoms with Gasteiger partial charge in [-0.2, -0.15) is 0 Å². The monoisotopic (exact) mass is 432 g/mol. The van der Waals surface area contributed by atoms with Gasteiger partial charge in [0.15, 0.2) is 0 Å². The first-order valence-electron chi connectivity index (χ1n) is 11.7. The van der Waals surface area contributed by atoms with Crippen LogP contribution in [0, 0.1) is 0 Å². The van der Waals surface area contributed by atoms with E-state index in [1.807, 2.05) is 0 Å². The molecule has 0 saturated heterocycles. The zero-order chi connectivity index (χ0) is 22.7. The van der Waals surface area contributed by atoms with Crippen molar-refractivity contribution in [2.24, 2.45) is 0 Å². The fraction of sp³-hybridized carbons (Fsp3) is 0. The van der Waals surface area contributed by atoms with Crippen molar-refractivity contribution < 1.29 is 0 Å². The van der Waals surface area contributed by atoms with Crippen LogP contribution in [0.5, 0.6) is 0 Å². The lowest BCUT2D eigenvalue weighted by molar-refractivity contribution is 1.54. The Morgan fingerprint density at radius 2 is 0.529 bits per heavy atom. The summed E-state index contributed by atoms with van der Waals surface area (Å²) < 4.78 is 0. The van der Waals surface area contributed by atoms with Crippen LogP contribution in [0.3, 0.4) is 0 Å². The highest BCUT2D eigenvalue weighted by Crippen LogP contribution is 2.55. The van der Waals surface area contributed by atoms with Crippen LogP contribution in [0.25, 0.3) is 22.3 Å². The molecule has 0 bridgehead atoms. The number of hydrogen-bond acceptors (Lipinski definition) is 0. The van der Waals surface area contributed by atoms with Gasteiger partial charge in [0.1, 0.15) is 0 Å². The maximum atomic E-state index is 2.23. The van der Waals surface area contributed by atoms with E-state index in [-0.39, 0.29) is 0 Å². The Morgan fingerprint density at radius 1 is 0.265 bits per heavy atom. The van der Waals surface area contributed by atoms with E-state index in [1.165, 1.54) is 55.7 Å². The zero-order valence-electron chi connectivity index (χ0n) is 18.9. The molecule has 2 aliphatic rings. The molecule has 0 nitrogen and oxygen atoms in total. The maximum absolute atomic E-state index is 2.23. The summed E-state index contributed by atoms with van der Waals surface area (Å²) in [6, 6.07) is 43.3. The van der Waals surface area contributed by atoms with Crippen molar-refractivity contribution in [2.45, 2.75) is 0 Å². The minimum atomic E-state index is 1.23. The predicted octanol–water partition coefficient (Wildman–Crippen LogP) is 8.64. The Balaban J connectivity index is 1.80. The van der Waals surface area contributed by atoms with E-state index in [9.17, 15) is 0 Å². The number of benzene rings is 4. The van der Waals surface area contributed by atoms with E-state index in [4.69, 9.17) is 0 Å². The van der Waals surface area contributed by atoms with Crippen LogP contribution in [0.2, 0.25) is 0 Å². The molecule has 0 atom stereocenters. The highest BCUT2D eigenvalue weighted by Gasteiger charge is 2.33. The summed E-state index contributed by atoms with van der Waals surface area (Å²) in [7, 11) is 0. The summed E-state index contributed by atoms with van der Waals surface area (Å²) in [6.07, 6.45) is 8.74. The number of rotatable bonds is 4. The third-order valence-electron chi connectivity index (χ3n) is 6.45. The van der Waals surface area contributed by atoms with Crippen LogP contribution in [0.4, 0.5) is 0 Å². The summed E-state index contributed by atoms with van der Waals surface area (Å²) in [5.41, 5.74) is 12.6. The molecule has 4 aromatic carbocycles. The van der Waals surface area contributed by atoms with E-state index in [0.29, 0.717) is 0 Å². The molecule has 0 fully saturated rings. The van der Waals surface area contributed by atoms with Crippen LogP contribution >= 0.6 is 0 Å². The molecule has 2 aliphatic carbocycles. The quantitative estimate of drug-likeness (QED) is 0.303. The number of hydrogen-bond donors (Lipinski definition) is 0. The summed E-state index contributed by atoms with van der Waals surface area (Å²) in [5, 5.41) is 0. The third-order valence-corrected chi connectivity index (χ3v) is 6.45. The molecule has 160 valence electrons. The van der Waals surface area contributed by atoms with E-state index in [1.54, 1.807) is 0 Å². The predicted molar refractivity (Wildman–Crippen MR) is 145 cm³/mol. The van der Waals surface area contributed by atoms with Crippen molar-refractivity contribution in [2.75, 3.05) is 0 Å². The molecule has 0 heterocycles. The summed E-state index contributed by atoms with van der Waals surface area (Å²) in [4.78, 5) is 0. The second-order valence-electron chi connectivity index (χ2n) is 8.51. The van der Waals surface area contributed by atoms with E-state index in [2.05, 4.69) is 146 Å². The topological polar surface area (TPSA) is 0 Å². The van der Waals surface area contributed by atoms with Gasteiger partial charge in [-0.05, 0) is 55.7 Å². The first kappa shape index (κ1) is 20.2.